The lowest BCUT2D eigenvalue weighted by Crippen LogP contribution is -2.38. The third-order valence-electron chi connectivity index (χ3n) is 6.46. The molecule has 138 valence electrons. The van der Waals surface area contributed by atoms with Crippen LogP contribution in [0.15, 0.2) is 42.9 Å². The fourth-order valence-electron chi connectivity index (χ4n) is 4.83. The summed E-state index contributed by atoms with van der Waals surface area (Å²) in [5.41, 5.74) is 0.709. The average Bonchev–Trinajstić information content (AvgIpc) is 3.30. The van der Waals surface area contributed by atoms with Gasteiger partial charge in [0.15, 0.2) is 0 Å². The van der Waals surface area contributed by atoms with Crippen molar-refractivity contribution in [1.82, 2.24) is 24.6 Å². The Balaban J connectivity index is 1.50. The van der Waals surface area contributed by atoms with Gasteiger partial charge in [0.25, 0.3) is 5.91 Å². The Morgan fingerprint density at radius 1 is 1.26 bits per heavy atom. The van der Waals surface area contributed by atoms with Crippen LogP contribution in [0.2, 0.25) is 0 Å². The van der Waals surface area contributed by atoms with Gasteiger partial charge in [-0.3, -0.25) is 9.78 Å². The van der Waals surface area contributed by atoms with Gasteiger partial charge in [-0.2, -0.15) is 0 Å². The molecule has 2 aliphatic rings. The predicted octanol–water partition coefficient (Wildman–Crippen LogP) is 3.26. The van der Waals surface area contributed by atoms with Crippen LogP contribution in [0.25, 0.3) is 10.8 Å². The first-order valence-corrected chi connectivity index (χ1v) is 9.72. The van der Waals surface area contributed by atoms with Crippen LogP contribution >= 0.6 is 0 Å². The molecule has 1 aliphatic heterocycles. The third-order valence-corrected chi connectivity index (χ3v) is 6.46. The second-order valence-electron chi connectivity index (χ2n) is 7.81. The number of amides is 1. The van der Waals surface area contributed by atoms with Gasteiger partial charge in [0.05, 0.1) is 0 Å². The van der Waals surface area contributed by atoms with Crippen molar-refractivity contribution in [2.45, 2.75) is 38.6 Å². The molecular weight excluding hydrogens is 338 g/mol. The summed E-state index contributed by atoms with van der Waals surface area (Å²) in [5, 5.41) is 10.5. The molecular formula is C21H23N5O. The first-order chi connectivity index (χ1) is 13.2. The van der Waals surface area contributed by atoms with Crippen molar-refractivity contribution in [3.05, 3.63) is 54.4 Å². The van der Waals surface area contributed by atoms with Crippen LogP contribution in [0.1, 0.15) is 48.4 Å². The van der Waals surface area contributed by atoms with Gasteiger partial charge in [0.1, 0.15) is 17.8 Å². The van der Waals surface area contributed by atoms with Crippen LogP contribution in [-0.2, 0) is 6.54 Å². The van der Waals surface area contributed by atoms with Crippen molar-refractivity contribution in [1.29, 1.82) is 0 Å². The topological polar surface area (TPSA) is 63.9 Å². The van der Waals surface area contributed by atoms with E-state index in [1.807, 2.05) is 35.2 Å². The highest BCUT2D eigenvalue weighted by Gasteiger charge is 2.53. The zero-order valence-electron chi connectivity index (χ0n) is 15.5. The second kappa shape index (κ2) is 6.15. The summed E-state index contributed by atoms with van der Waals surface area (Å²) in [5.74, 6) is 1.31. The molecule has 2 fully saturated rings. The highest BCUT2D eigenvalue weighted by molar-refractivity contribution is 6.05. The average molecular weight is 361 g/mol. The highest BCUT2D eigenvalue weighted by Crippen LogP contribution is 2.55. The summed E-state index contributed by atoms with van der Waals surface area (Å²) in [6.07, 6.45) is 7.07. The third kappa shape index (κ3) is 2.46. The molecule has 1 atom stereocenters. The van der Waals surface area contributed by atoms with E-state index in [0.717, 1.165) is 42.5 Å². The van der Waals surface area contributed by atoms with Gasteiger partial charge >= 0.3 is 0 Å². The highest BCUT2D eigenvalue weighted by atomic mass is 16.2. The molecule has 1 amide bonds. The fraction of sp³-hybridized carbons (Fsp3) is 0.429. The number of hydrogen-bond acceptors (Lipinski definition) is 4. The molecule has 5 rings (SSSR count). The second-order valence-corrected chi connectivity index (χ2v) is 7.81. The molecule has 1 aromatic carbocycles. The van der Waals surface area contributed by atoms with E-state index in [-0.39, 0.29) is 17.2 Å². The van der Waals surface area contributed by atoms with Crippen LogP contribution in [-0.4, -0.2) is 43.6 Å². The van der Waals surface area contributed by atoms with Crippen LogP contribution in [0.5, 0.6) is 0 Å². The number of carbonyl (C=O) groups is 1. The predicted molar refractivity (Wildman–Crippen MR) is 102 cm³/mol. The normalized spacial score (nSPS) is 20.9. The number of carbonyl (C=O) groups excluding carboxylic acids is 1. The zero-order valence-corrected chi connectivity index (χ0v) is 15.5. The van der Waals surface area contributed by atoms with Crippen LogP contribution in [0.3, 0.4) is 0 Å². The van der Waals surface area contributed by atoms with Crippen molar-refractivity contribution < 1.29 is 4.79 Å². The first-order valence-electron chi connectivity index (χ1n) is 9.72. The van der Waals surface area contributed by atoms with E-state index in [0.29, 0.717) is 12.2 Å². The van der Waals surface area contributed by atoms with Crippen molar-refractivity contribution in [2.24, 2.45) is 5.41 Å². The van der Waals surface area contributed by atoms with Gasteiger partial charge in [0, 0.05) is 37.1 Å². The van der Waals surface area contributed by atoms with Gasteiger partial charge in [-0.1, -0.05) is 30.7 Å². The summed E-state index contributed by atoms with van der Waals surface area (Å²) in [7, 11) is 0. The van der Waals surface area contributed by atoms with Crippen molar-refractivity contribution in [3.8, 4) is 0 Å². The Hall–Kier alpha value is -2.76. The molecule has 6 nitrogen and oxygen atoms in total. The zero-order chi connectivity index (χ0) is 18.4. The number of nitrogens with zero attached hydrogens (tertiary/aromatic N) is 5. The molecule has 1 aliphatic carbocycles. The molecule has 1 saturated carbocycles. The monoisotopic (exact) mass is 361 g/mol. The van der Waals surface area contributed by atoms with Crippen LogP contribution in [0, 0.1) is 5.41 Å². The first kappa shape index (κ1) is 16.4. The van der Waals surface area contributed by atoms with E-state index >= 15 is 0 Å². The van der Waals surface area contributed by atoms with E-state index < -0.39 is 0 Å². The maximum absolute atomic E-state index is 13.4. The smallest absolute Gasteiger partial charge is 0.273 e. The van der Waals surface area contributed by atoms with Crippen LogP contribution in [0.4, 0.5) is 0 Å². The molecule has 1 unspecified atom stereocenters. The Bertz CT molecular complexity index is 1000. The number of aryl methyl sites for hydroxylation is 1. The minimum absolute atomic E-state index is 0.0307. The van der Waals surface area contributed by atoms with Gasteiger partial charge in [0.2, 0.25) is 0 Å². The SMILES string of the molecule is CCn1cnnc1C1CN(C(=O)c2nccc3ccccc23)CC12CCC2. The molecule has 0 N–H and O–H groups in total. The number of pyridine rings is 1. The standard InChI is InChI=1S/C21H23N5O/c1-2-25-14-23-24-19(25)17-12-26(13-21(17)9-5-10-21)20(27)18-16-7-4-3-6-15(16)8-11-22-18/h3-4,6-8,11,14,17H,2,5,9-10,12-13H2,1H3. The lowest BCUT2D eigenvalue weighted by molar-refractivity contribution is 0.0720. The number of aromatic nitrogens is 4. The minimum Gasteiger partial charge on any atom is -0.336 e. The van der Waals surface area contributed by atoms with Crippen molar-refractivity contribution >= 4 is 16.7 Å². The lowest BCUT2D eigenvalue weighted by atomic mass is 9.62. The lowest BCUT2D eigenvalue weighted by Gasteiger charge is -2.42. The van der Waals surface area contributed by atoms with E-state index in [4.69, 9.17) is 0 Å². The maximum atomic E-state index is 13.4. The molecule has 0 radical (unpaired) electrons. The Morgan fingerprint density at radius 3 is 2.89 bits per heavy atom. The molecule has 0 bridgehead atoms. The number of fused-ring (bicyclic) bond motifs is 1. The van der Waals surface area contributed by atoms with Crippen molar-refractivity contribution in [3.63, 3.8) is 0 Å². The molecule has 27 heavy (non-hydrogen) atoms. The quantitative estimate of drug-likeness (QED) is 0.718. The molecule has 3 aromatic rings. The Labute approximate surface area is 158 Å². The molecule has 3 heterocycles. The summed E-state index contributed by atoms with van der Waals surface area (Å²) in [6.45, 7) is 4.45. The van der Waals surface area contributed by atoms with Gasteiger partial charge in [-0.25, -0.2) is 0 Å². The summed E-state index contributed by atoms with van der Waals surface area (Å²) >= 11 is 0. The number of likely N-dealkylation sites (tertiary alicyclic amines) is 1. The van der Waals surface area contributed by atoms with Gasteiger partial charge in [-0.05, 0) is 36.6 Å². The molecule has 6 heteroatoms. The Morgan fingerprint density at radius 2 is 2.11 bits per heavy atom. The van der Waals surface area contributed by atoms with Crippen LogP contribution < -0.4 is 0 Å². The largest absolute Gasteiger partial charge is 0.336 e. The van der Waals surface area contributed by atoms with Gasteiger partial charge in [-0.15, -0.1) is 10.2 Å². The van der Waals surface area contributed by atoms with E-state index in [1.165, 1.54) is 6.42 Å². The van der Waals surface area contributed by atoms with E-state index in [2.05, 4.69) is 26.7 Å². The minimum atomic E-state index is 0.0307. The number of rotatable bonds is 3. The molecule has 1 spiro atoms. The molecule has 1 saturated heterocycles. The van der Waals surface area contributed by atoms with E-state index in [1.54, 1.807) is 12.5 Å². The van der Waals surface area contributed by atoms with Crippen molar-refractivity contribution in [2.75, 3.05) is 13.1 Å². The summed E-state index contributed by atoms with van der Waals surface area (Å²) < 4.78 is 2.12. The summed E-state index contributed by atoms with van der Waals surface area (Å²) in [6, 6.07) is 9.91. The summed E-state index contributed by atoms with van der Waals surface area (Å²) in [4.78, 5) is 19.8. The van der Waals surface area contributed by atoms with Gasteiger partial charge < -0.3 is 9.47 Å². The fourth-order valence-corrected chi connectivity index (χ4v) is 4.83. The molecule has 2 aromatic heterocycles. The number of benzene rings is 1. The maximum Gasteiger partial charge on any atom is 0.273 e. The number of hydrogen-bond donors (Lipinski definition) is 0. The Kier molecular flexibility index (Phi) is 3.74. The van der Waals surface area contributed by atoms with E-state index in [9.17, 15) is 4.79 Å².